The van der Waals surface area contributed by atoms with Crippen molar-refractivity contribution in [1.29, 1.82) is 0 Å². The molecule has 1 heterocycles. The molecule has 0 N–H and O–H groups in total. The molecule has 0 radical (unpaired) electrons. The van der Waals surface area contributed by atoms with Crippen molar-refractivity contribution in [2.75, 3.05) is 19.8 Å². The van der Waals surface area contributed by atoms with E-state index in [1.54, 1.807) is 0 Å². The molecular weight excluding hydrogens is 314 g/mol. The van der Waals surface area contributed by atoms with Gasteiger partial charge in [-0.15, -0.1) is 0 Å². The van der Waals surface area contributed by atoms with Crippen LogP contribution in [0.5, 0.6) is 0 Å². The molecule has 2 atom stereocenters. The lowest BCUT2D eigenvalue weighted by Gasteiger charge is -2.38. The van der Waals surface area contributed by atoms with Crippen molar-refractivity contribution in [3.05, 3.63) is 71.3 Å². The lowest BCUT2D eigenvalue weighted by molar-refractivity contribution is -0.0633. The fourth-order valence-corrected chi connectivity index (χ4v) is 3.09. The molecule has 0 spiro atoms. The molecule has 1 fully saturated rings. The molecule has 0 aromatic heterocycles. The van der Waals surface area contributed by atoms with E-state index < -0.39 is 0 Å². The molecule has 1 aliphatic heterocycles. The minimum atomic E-state index is -0.280. The number of hydrogen-bond acceptors (Lipinski definition) is 4. The van der Waals surface area contributed by atoms with Gasteiger partial charge < -0.3 is 9.47 Å². The highest BCUT2D eigenvalue weighted by molar-refractivity contribution is 5.89. The number of benzene rings is 2. The molecule has 0 aliphatic carbocycles. The van der Waals surface area contributed by atoms with Crippen molar-refractivity contribution < 1.29 is 14.3 Å². The smallest absolute Gasteiger partial charge is 0.338 e. The molecule has 4 heteroatoms. The Morgan fingerprint density at radius 2 is 1.88 bits per heavy atom. The maximum atomic E-state index is 11.8. The highest BCUT2D eigenvalue weighted by Crippen LogP contribution is 2.26. The topological polar surface area (TPSA) is 38.8 Å². The Kier molecular flexibility index (Phi) is 5.84. The molecule has 2 aromatic rings. The zero-order valence-electron chi connectivity index (χ0n) is 14.9. The van der Waals surface area contributed by atoms with E-state index in [4.69, 9.17) is 9.47 Å². The second kappa shape index (κ2) is 8.28. The van der Waals surface area contributed by atoms with Crippen LogP contribution in [0.4, 0.5) is 0 Å². The third-order valence-corrected chi connectivity index (χ3v) is 4.58. The number of esters is 1. The Morgan fingerprint density at radius 1 is 1.16 bits per heavy atom. The van der Waals surface area contributed by atoms with Crippen molar-refractivity contribution in [2.45, 2.75) is 32.5 Å². The summed E-state index contributed by atoms with van der Waals surface area (Å²) in [5, 5.41) is 0. The Labute approximate surface area is 149 Å². The Bertz CT molecular complexity index is 684. The van der Waals surface area contributed by atoms with Crippen LogP contribution in [0.3, 0.4) is 0 Å². The van der Waals surface area contributed by atoms with E-state index in [0.717, 1.165) is 18.7 Å². The molecule has 0 unspecified atom stereocenters. The third kappa shape index (κ3) is 4.47. The van der Waals surface area contributed by atoms with E-state index in [2.05, 4.69) is 36.1 Å². The van der Waals surface area contributed by atoms with Crippen molar-refractivity contribution in [3.63, 3.8) is 0 Å². The fraction of sp³-hybridized carbons (Fsp3) is 0.381. The minimum absolute atomic E-state index is 0.0242. The minimum Gasteiger partial charge on any atom is -0.462 e. The van der Waals surface area contributed by atoms with E-state index >= 15 is 0 Å². The molecule has 1 saturated heterocycles. The first-order valence-electron chi connectivity index (χ1n) is 8.84. The number of carbonyl (C=O) groups is 1. The predicted octanol–water partition coefficient (Wildman–Crippen LogP) is 3.83. The van der Waals surface area contributed by atoms with Gasteiger partial charge in [-0.1, -0.05) is 42.5 Å². The van der Waals surface area contributed by atoms with Gasteiger partial charge in [0.2, 0.25) is 0 Å². The van der Waals surface area contributed by atoms with E-state index in [9.17, 15) is 4.79 Å². The first kappa shape index (κ1) is 17.6. The second-order valence-electron chi connectivity index (χ2n) is 6.43. The van der Waals surface area contributed by atoms with Gasteiger partial charge in [-0.25, -0.2) is 4.79 Å². The summed E-state index contributed by atoms with van der Waals surface area (Å²) < 4.78 is 11.1. The average molecular weight is 339 g/mol. The summed E-state index contributed by atoms with van der Waals surface area (Å²) in [5.74, 6) is -0.280. The van der Waals surface area contributed by atoms with E-state index in [0.29, 0.717) is 24.8 Å². The van der Waals surface area contributed by atoms with Crippen molar-refractivity contribution in [1.82, 2.24) is 4.90 Å². The second-order valence-corrected chi connectivity index (χ2v) is 6.43. The summed E-state index contributed by atoms with van der Waals surface area (Å²) >= 11 is 0. The van der Waals surface area contributed by atoms with Gasteiger partial charge in [-0.2, -0.15) is 0 Å². The van der Waals surface area contributed by atoms with Crippen LogP contribution in [-0.4, -0.2) is 36.7 Å². The van der Waals surface area contributed by atoms with Gasteiger partial charge in [0.1, 0.15) is 0 Å². The van der Waals surface area contributed by atoms with Crippen LogP contribution < -0.4 is 0 Å². The van der Waals surface area contributed by atoms with Crippen LogP contribution in [0, 0.1) is 0 Å². The van der Waals surface area contributed by atoms with E-state index in [-0.39, 0.29) is 12.1 Å². The molecule has 25 heavy (non-hydrogen) atoms. The zero-order chi connectivity index (χ0) is 17.6. The molecular formula is C21H25NO3. The molecule has 0 bridgehead atoms. The number of nitrogens with zero attached hydrogens (tertiary/aromatic N) is 1. The number of ether oxygens (including phenoxy) is 2. The standard InChI is InChI=1S/C21H25NO3/c1-3-24-21(23)19-11-9-18(10-12-19)20-14-22(16(2)15-25-20)13-17-7-5-4-6-8-17/h4-12,16,20H,3,13-15H2,1-2H3/t16-,20+/m1/s1. The van der Waals surface area contributed by atoms with Crippen LogP contribution in [0.2, 0.25) is 0 Å². The normalized spacial score (nSPS) is 21.0. The molecule has 1 aliphatic rings. The Balaban J connectivity index is 1.67. The van der Waals surface area contributed by atoms with Gasteiger partial charge in [0.05, 0.1) is 24.9 Å². The SMILES string of the molecule is CCOC(=O)c1ccc([C@@H]2CN(Cc3ccccc3)[C@H](C)CO2)cc1. The Hall–Kier alpha value is -2.17. The molecule has 3 rings (SSSR count). The first-order chi connectivity index (χ1) is 12.2. The summed E-state index contributed by atoms with van der Waals surface area (Å²) in [5.41, 5.74) is 2.99. The molecule has 0 amide bonds. The monoisotopic (exact) mass is 339 g/mol. The summed E-state index contributed by atoms with van der Waals surface area (Å²) in [6.07, 6.45) is 0.0242. The average Bonchev–Trinajstić information content (AvgIpc) is 2.65. The van der Waals surface area contributed by atoms with Crippen molar-refractivity contribution in [3.8, 4) is 0 Å². The van der Waals surface area contributed by atoms with Crippen LogP contribution in [0.1, 0.15) is 41.4 Å². The zero-order valence-corrected chi connectivity index (χ0v) is 14.9. The Morgan fingerprint density at radius 3 is 2.56 bits per heavy atom. The number of morpholine rings is 1. The van der Waals surface area contributed by atoms with Crippen LogP contribution in [0.25, 0.3) is 0 Å². The quantitative estimate of drug-likeness (QED) is 0.776. The highest BCUT2D eigenvalue weighted by atomic mass is 16.5. The predicted molar refractivity (Wildman–Crippen MR) is 97.4 cm³/mol. The van der Waals surface area contributed by atoms with Crippen LogP contribution in [0.15, 0.2) is 54.6 Å². The van der Waals surface area contributed by atoms with Gasteiger partial charge in [0.25, 0.3) is 0 Å². The third-order valence-electron chi connectivity index (χ3n) is 4.58. The summed E-state index contributed by atoms with van der Waals surface area (Å²) in [4.78, 5) is 14.2. The number of hydrogen-bond donors (Lipinski definition) is 0. The summed E-state index contributed by atoms with van der Waals surface area (Å²) in [6.45, 7) is 6.86. The molecule has 4 nitrogen and oxygen atoms in total. The first-order valence-corrected chi connectivity index (χ1v) is 8.84. The van der Waals surface area contributed by atoms with Crippen LogP contribution in [-0.2, 0) is 16.0 Å². The maximum Gasteiger partial charge on any atom is 0.338 e. The highest BCUT2D eigenvalue weighted by Gasteiger charge is 2.27. The largest absolute Gasteiger partial charge is 0.462 e. The number of rotatable bonds is 5. The summed E-state index contributed by atoms with van der Waals surface area (Å²) in [6, 6.07) is 18.5. The van der Waals surface area contributed by atoms with Gasteiger partial charge >= 0.3 is 5.97 Å². The fourth-order valence-electron chi connectivity index (χ4n) is 3.09. The van der Waals surface area contributed by atoms with Gasteiger partial charge in [-0.05, 0) is 37.1 Å². The van der Waals surface area contributed by atoms with Crippen molar-refractivity contribution in [2.24, 2.45) is 0 Å². The lowest BCUT2D eigenvalue weighted by Crippen LogP contribution is -2.44. The maximum absolute atomic E-state index is 11.8. The van der Waals surface area contributed by atoms with Gasteiger partial charge in [0.15, 0.2) is 0 Å². The van der Waals surface area contributed by atoms with Gasteiger partial charge in [0, 0.05) is 19.1 Å². The molecule has 2 aromatic carbocycles. The van der Waals surface area contributed by atoms with E-state index in [1.807, 2.05) is 37.3 Å². The van der Waals surface area contributed by atoms with Gasteiger partial charge in [-0.3, -0.25) is 4.90 Å². The number of carbonyl (C=O) groups excluding carboxylic acids is 1. The van der Waals surface area contributed by atoms with Crippen LogP contribution >= 0.6 is 0 Å². The van der Waals surface area contributed by atoms with Crippen molar-refractivity contribution >= 4 is 5.97 Å². The van der Waals surface area contributed by atoms with E-state index in [1.165, 1.54) is 5.56 Å². The molecule has 132 valence electrons. The summed E-state index contributed by atoms with van der Waals surface area (Å²) in [7, 11) is 0. The molecule has 0 saturated carbocycles. The lowest BCUT2D eigenvalue weighted by atomic mass is 10.0.